The topological polar surface area (TPSA) is 71.1 Å². The zero-order valence-electron chi connectivity index (χ0n) is 13.4. The number of carbonyl (C=O) groups is 2. The lowest BCUT2D eigenvalue weighted by atomic mass is 9.96. The Labute approximate surface area is 137 Å². The van der Waals surface area contributed by atoms with Gasteiger partial charge >= 0.3 is 0 Å². The molecule has 0 saturated heterocycles. The van der Waals surface area contributed by atoms with Crippen molar-refractivity contribution in [1.82, 2.24) is 4.98 Å². The van der Waals surface area contributed by atoms with E-state index in [0.717, 1.165) is 0 Å². The van der Waals surface area contributed by atoms with Gasteiger partial charge in [0.2, 0.25) is 11.8 Å². The highest BCUT2D eigenvalue weighted by molar-refractivity contribution is 7.14. The largest absolute Gasteiger partial charge is 0.326 e. The lowest BCUT2D eigenvalue weighted by Crippen LogP contribution is -2.27. The number of nitrogens with zero attached hydrogens (tertiary/aromatic N) is 1. The average molecular weight is 335 g/mol. The summed E-state index contributed by atoms with van der Waals surface area (Å²) in [5.74, 6) is -0.909. The highest BCUT2D eigenvalue weighted by atomic mass is 32.1. The van der Waals surface area contributed by atoms with Gasteiger partial charge in [0.1, 0.15) is 5.82 Å². The fraction of sp³-hybridized carbons (Fsp3) is 0.312. The van der Waals surface area contributed by atoms with Crippen LogP contribution in [0.3, 0.4) is 0 Å². The molecule has 23 heavy (non-hydrogen) atoms. The van der Waals surface area contributed by atoms with Gasteiger partial charge in [-0.15, -0.1) is 11.3 Å². The summed E-state index contributed by atoms with van der Waals surface area (Å²) in [6.07, 6.45) is 0. The molecule has 0 radical (unpaired) electrons. The van der Waals surface area contributed by atoms with Gasteiger partial charge in [-0.2, -0.15) is 0 Å². The highest BCUT2D eigenvalue weighted by Crippen LogP contribution is 2.29. The molecule has 0 saturated carbocycles. The summed E-state index contributed by atoms with van der Waals surface area (Å²) in [5, 5.41) is 7.33. The lowest BCUT2D eigenvalue weighted by Gasteiger charge is -2.15. The molecule has 1 heterocycles. The van der Waals surface area contributed by atoms with E-state index in [2.05, 4.69) is 15.6 Å². The zero-order chi connectivity index (χ0) is 17.2. The predicted octanol–water partition coefficient (Wildman–Crippen LogP) is 3.89. The first-order valence-corrected chi connectivity index (χ1v) is 7.89. The number of halogens is 1. The van der Waals surface area contributed by atoms with E-state index < -0.39 is 11.2 Å². The Morgan fingerprint density at radius 2 is 1.91 bits per heavy atom. The minimum absolute atomic E-state index is 0.153. The van der Waals surface area contributed by atoms with E-state index in [4.69, 9.17) is 0 Å². The molecule has 2 amide bonds. The van der Waals surface area contributed by atoms with Crippen molar-refractivity contribution in [1.29, 1.82) is 0 Å². The number of rotatable bonds is 3. The van der Waals surface area contributed by atoms with Gasteiger partial charge in [-0.3, -0.25) is 9.59 Å². The maximum Gasteiger partial charge on any atom is 0.231 e. The molecule has 1 aromatic carbocycles. The SMILES string of the molecule is CC(=O)Nc1ccc(-c2csc(NC(=O)C(C)(C)C)n2)c(F)c1. The van der Waals surface area contributed by atoms with Crippen molar-refractivity contribution in [2.24, 2.45) is 5.41 Å². The fourth-order valence-electron chi connectivity index (χ4n) is 1.74. The van der Waals surface area contributed by atoms with Crippen molar-refractivity contribution >= 4 is 34.0 Å². The van der Waals surface area contributed by atoms with Gasteiger partial charge in [-0.25, -0.2) is 9.37 Å². The van der Waals surface area contributed by atoms with Crippen LogP contribution in [-0.2, 0) is 9.59 Å². The number of hydrogen-bond acceptors (Lipinski definition) is 4. The van der Waals surface area contributed by atoms with Crippen LogP contribution in [0, 0.1) is 11.2 Å². The van der Waals surface area contributed by atoms with E-state index in [0.29, 0.717) is 22.1 Å². The molecule has 0 atom stereocenters. The average Bonchev–Trinajstić information content (AvgIpc) is 2.85. The second-order valence-electron chi connectivity index (χ2n) is 6.12. The van der Waals surface area contributed by atoms with Crippen LogP contribution in [0.15, 0.2) is 23.6 Å². The molecule has 5 nitrogen and oxygen atoms in total. The van der Waals surface area contributed by atoms with Gasteiger partial charge in [0.05, 0.1) is 5.69 Å². The fourth-order valence-corrected chi connectivity index (χ4v) is 2.45. The van der Waals surface area contributed by atoms with Crippen molar-refractivity contribution in [2.75, 3.05) is 10.6 Å². The Kier molecular flexibility index (Phi) is 4.79. The van der Waals surface area contributed by atoms with E-state index in [1.807, 2.05) is 0 Å². The standard InChI is InChI=1S/C16H18FN3O2S/c1-9(21)18-10-5-6-11(12(17)7-10)13-8-23-15(19-13)20-14(22)16(2,3)4/h5-8H,1-4H3,(H,18,21)(H,19,20,22). The number of hydrogen-bond donors (Lipinski definition) is 2. The minimum atomic E-state index is -0.531. The first-order chi connectivity index (χ1) is 10.7. The first-order valence-electron chi connectivity index (χ1n) is 7.01. The predicted molar refractivity (Wildman–Crippen MR) is 89.9 cm³/mol. The molecule has 1 aromatic heterocycles. The first kappa shape index (κ1) is 17.1. The minimum Gasteiger partial charge on any atom is -0.326 e. The molecule has 0 unspecified atom stereocenters. The van der Waals surface area contributed by atoms with Crippen molar-refractivity contribution < 1.29 is 14.0 Å². The quantitative estimate of drug-likeness (QED) is 0.894. The van der Waals surface area contributed by atoms with Crippen molar-refractivity contribution in [3.63, 3.8) is 0 Å². The summed E-state index contributed by atoms with van der Waals surface area (Å²) in [7, 11) is 0. The molecule has 2 rings (SSSR count). The van der Waals surface area contributed by atoms with Crippen molar-refractivity contribution in [3.8, 4) is 11.3 Å². The third-order valence-corrected chi connectivity index (χ3v) is 3.73. The summed E-state index contributed by atoms with van der Waals surface area (Å²) in [5.41, 5.74) is 0.602. The van der Waals surface area contributed by atoms with Gasteiger partial charge in [0.15, 0.2) is 5.13 Å². The number of anilines is 2. The number of amides is 2. The number of thiazole rings is 1. The van der Waals surface area contributed by atoms with Gasteiger partial charge in [0.25, 0.3) is 0 Å². The molecule has 0 aliphatic rings. The molecule has 122 valence electrons. The van der Waals surface area contributed by atoms with Gasteiger partial charge in [-0.1, -0.05) is 20.8 Å². The Morgan fingerprint density at radius 1 is 1.22 bits per heavy atom. The molecule has 2 aromatic rings. The highest BCUT2D eigenvalue weighted by Gasteiger charge is 2.22. The third kappa shape index (κ3) is 4.35. The molecule has 2 N–H and O–H groups in total. The van der Waals surface area contributed by atoms with Crippen molar-refractivity contribution in [3.05, 3.63) is 29.4 Å². The second-order valence-corrected chi connectivity index (χ2v) is 6.98. The molecule has 0 fully saturated rings. The maximum absolute atomic E-state index is 14.2. The number of benzene rings is 1. The van der Waals surface area contributed by atoms with E-state index >= 15 is 0 Å². The molecular weight excluding hydrogens is 317 g/mol. The molecule has 7 heteroatoms. The smallest absolute Gasteiger partial charge is 0.231 e. The van der Waals surface area contributed by atoms with Crippen LogP contribution in [0.1, 0.15) is 27.7 Å². The summed E-state index contributed by atoms with van der Waals surface area (Å²) in [6.45, 7) is 6.77. The summed E-state index contributed by atoms with van der Waals surface area (Å²) in [6, 6.07) is 4.39. The number of aromatic nitrogens is 1. The number of nitrogens with one attached hydrogen (secondary N) is 2. The lowest BCUT2D eigenvalue weighted by molar-refractivity contribution is -0.123. The van der Waals surface area contributed by atoms with Crippen LogP contribution in [0.25, 0.3) is 11.3 Å². The summed E-state index contributed by atoms with van der Waals surface area (Å²) < 4.78 is 14.2. The van der Waals surface area contributed by atoms with Crippen LogP contribution < -0.4 is 10.6 Å². The van der Waals surface area contributed by atoms with Crippen LogP contribution in [-0.4, -0.2) is 16.8 Å². The Hall–Kier alpha value is -2.28. The Morgan fingerprint density at radius 3 is 2.48 bits per heavy atom. The van der Waals surface area contributed by atoms with E-state index in [1.54, 1.807) is 38.3 Å². The molecule has 0 aliphatic heterocycles. The number of carbonyl (C=O) groups excluding carboxylic acids is 2. The van der Waals surface area contributed by atoms with Crippen LogP contribution in [0.5, 0.6) is 0 Å². The Bertz CT molecular complexity index is 750. The van der Waals surface area contributed by atoms with E-state index in [1.165, 1.54) is 24.3 Å². The molecule has 0 spiro atoms. The van der Waals surface area contributed by atoms with Crippen LogP contribution >= 0.6 is 11.3 Å². The summed E-state index contributed by atoms with van der Waals surface area (Å²) in [4.78, 5) is 27.2. The van der Waals surface area contributed by atoms with Crippen LogP contribution in [0.2, 0.25) is 0 Å². The monoisotopic (exact) mass is 335 g/mol. The Balaban J connectivity index is 2.20. The zero-order valence-corrected chi connectivity index (χ0v) is 14.2. The van der Waals surface area contributed by atoms with Gasteiger partial charge < -0.3 is 10.6 Å². The van der Waals surface area contributed by atoms with E-state index in [-0.39, 0.29) is 11.8 Å². The van der Waals surface area contributed by atoms with Crippen LogP contribution in [0.4, 0.5) is 15.2 Å². The normalized spacial score (nSPS) is 11.2. The van der Waals surface area contributed by atoms with Gasteiger partial charge in [0, 0.05) is 29.0 Å². The van der Waals surface area contributed by atoms with Crippen molar-refractivity contribution in [2.45, 2.75) is 27.7 Å². The summed E-state index contributed by atoms with van der Waals surface area (Å²) >= 11 is 1.23. The van der Waals surface area contributed by atoms with Gasteiger partial charge in [-0.05, 0) is 18.2 Å². The second kappa shape index (κ2) is 6.45. The molecule has 0 aliphatic carbocycles. The van der Waals surface area contributed by atoms with E-state index in [9.17, 15) is 14.0 Å². The molecular formula is C16H18FN3O2S. The third-order valence-electron chi connectivity index (χ3n) is 2.97. The maximum atomic E-state index is 14.2. The molecule has 0 bridgehead atoms.